The zero-order valence-corrected chi connectivity index (χ0v) is 10.9. The van der Waals surface area contributed by atoms with Crippen LogP contribution in [0.3, 0.4) is 0 Å². The lowest BCUT2D eigenvalue weighted by molar-refractivity contribution is 0.655. The van der Waals surface area contributed by atoms with Crippen molar-refractivity contribution in [2.24, 2.45) is 0 Å². The van der Waals surface area contributed by atoms with Crippen LogP contribution in [0.25, 0.3) is 10.8 Å². The Bertz CT molecular complexity index is 520. The van der Waals surface area contributed by atoms with Gasteiger partial charge in [-0.05, 0) is 24.9 Å². The molecular formula is C14H19N3. The molecule has 3 nitrogen and oxygen atoms in total. The number of fused-ring (bicyclic) bond motifs is 1. The second-order valence-electron chi connectivity index (χ2n) is 4.49. The average Bonchev–Trinajstić information content (AvgIpc) is 2.36. The number of benzene rings is 1. The van der Waals surface area contributed by atoms with E-state index < -0.39 is 0 Å². The van der Waals surface area contributed by atoms with Gasteiger partial charge in [0.25, 0.3) is 0 Å². The van der Waals surface area contributed by atoms with Gasteiger partial charge >= 0.3 is 0 Å². The first kappa shape index (κ1) is 11.9. The maximum atomic E-state index is 4.56. The number of hydrogen-bond acceptors (Lipinski definition) is 3. The van der Waals surface area contributed by atoms with Crippen molar-refractivity contribution in [3.8, 4) is 0 Å². The highest BCUT2D eigenvalue weighted by Gasteiger charge is 2.11. The minimum Gasteiger partial charge on any atom is -0.362 e. The number of hydrogen-bond donors (Lipinski definition) is 1. The van der Waals surface area contributed by atoms with Crippen LogP contribution in [-0.2, 0) is 0 Å². The lowest BCUT2D eigenvalue weighted by Crippen LogP contribution is -2.15. The molecule has 1 heterocycles. The van der Waals surface area contributed by atoms with Gasteiger partial charge in [-0.1, -0.05) is 24.3 Å². The molecule has 1 unspecified atom stereocenters. The predicted octanol–water partition coefficient (Wildman–Crippen LogP) is 2.58. The zero-order chi connectivity index (χ0) is 12.4. The summed E-state index contributed by atoms with van der Waals surface area (Å²) in [6, 6.07) is 8.73. The van der Waals surface area contributed by atoms with E-state index >= 15 is 0 Å². The second kappa shape index (κ2) is 4.72. The number of pyridine rings is 1. The topological polar surface area (TPSA) is 28.2 Å². The molecule has 0 saturated heterocycles. The summed E-state index contributed by atoms with van der Waals surface area (Å²) in [7, 11) is 6.02. The predicted molar refractivity (Wildman–Crippen MR) is 73.5 cm³/mol. The molecule has 0 saturated carbocycles. The van der Waals surface area contributed by atoms with Crippen molar-refractivity contribution in [1.29, 1.82) is 0 Å². The Labute approximate surface area is 102 Å². The fraction of sp³-hybridized carbons (Fsp3) is 0.357. The van der Waals surface area contributed by atoms with E-state index in [9.17, 15) is 0 Å². The minimum atomic E-state index is 0.309. The van der Waals surface area contributed by atoms with E-state index in [4.69, 9.17) is 0 Å². The molecule has 2 aromatic rings. The van der Waals surface area contributed by atoms with E-state index in [-0.39, 0.29) is 0 Å². The summed E-state index contributed by atoms with van der Waals surface area (Å²) in [4.78, 5) is 6.61. The summed E-state index contributed by atoms with van der Waals surface area (Å²) < 4.78 is 0. The molecule has 3 heteroatoms. The normalized spacial score (nSPS) is 12.7. The van der Waals surface area contributed by atoms with Crippen LogP contribution in [0, 0.1) is 0 Å². The van der Waals surface area contributed by atoms with Gasteiger partial charge in [0.1, 0.15) is 5.82 Å². The fourth-order valence-electron chi connectivity index (χ4n) is 2.06. The Balaban J connectivity index is 2.70. The molecule has 17 heavy (non-hydrogen) atoms. The Morgan fingerprint density at radius 3 is 2.41 bits per heavy atom. The molecular weight excluding hydrogens is 210 g/mol. The molecule has 0 radical (unpaired) electrons. The van der Waals surface area contributed by atoms with E-state index in [1.165, 1.54) is 16.3 Å². The highest BCUT2D eigenvalue weighted by molar-refractivity contribution is 5.94. The molecule has 0 aliphatic rings. The molecule has 90 valence electrons. The molecule has 2 rings (SSSR count). The summed E-state index contributed by atoms with van der Waals surface area (Å²) in [5, 5.41) is 5.75. The van der Waals surface area contributed by atoms with Crippen molar-refractivity contribution in [2.75, 3.05) is 26.0 Å². The quantitative estimate of drug-likeness (QED) is 0.876. The van der Waals surface area contributed by atoms with E-state index in [1.807, 2.05) is 27.3 Å². The smallest absolute Gasteiger partial charge is 0.135 e. The molecule has 1 N–H and O–H groups in total. The van der Waals surface area contributed by atoms with Gasteiger partial charge in [0, 0.05) is 31.7 Å². The number of rotatable bonds is 3. The van der Waals surface area contributed by atoms with Crippen LogP contribution in [0.4, 0.5) is 5.82 Å². The summed E-state index contributed by atoms with van der Waals surface area (Å²) in [5.41, 5.74) is 1.24. The number of aromatic nitrogens is 1. The molecule has 1 atom stereocenters. The second-order valence-corrected chi connectivity index (χ2v) is 4.49. The largest absolute Gasteiger partial charge is 0.362 e. The van der Waals surface area contributed by atoms with Crippen molar-refractivity contribution in [3.05, 3.63) is 36.0 Å². The molecule has 1 aromatic carbocycles. The summed E-state index contributed by atoms with van der Waals surface area (Å²) in [6.07, 6.45) is 1.97. The molecule has 0 spiro atoms. The summed E-state index contributed by atoms with van der Waals surface area (Å²) in [6.45, 7) is 2.15. The van der Waals surface area contributed by atoms with Crippen molar-refractivity contribution in [3.63, 3.8) is 0 Å². The van der Waals surface area contributed by atoms with Gasteiger partial charge in [-0.3, -0.25) is 0 Å². The molecule has 0 aliphatic heterocycles. The van der Waals surface area contributed by atoms with Crippen LogP contribution in [0.5, 0.6) is 0 Å². The highest BCUT2D eigenvalue weighted by atomic mass is 15.1. The van der Waals surface area contributed by atoms with Crippen molar-refractivity contribution < 1.29 is 0 Å². The zero-order valence-electron chi connectivity index (χ0n) is 10.9. The minimum absolute atomic E-state index is 0.309. The maximum absolute atomic E-state index is 4.56. The van der Waals surface area contributed by atoms with Crippen LogP contribution in [0.2, 0.25) is 0 Å². The van der Waals surface area contributed by atoms with Crippen LogP contribution in [0.15, 0.2) is 30.5 Å². The van der Waals surface area contributed by atoms with E-state index in [2.05, 4.69) is 46.4 Å². The lowest BCUT2D eigenvalue weighted by atomic mass is 10.0. The van der Waals surface area contributed by atoms with E-state index in [1.54, 1.807) is 0 Å². The molecule has 0 aliphatic carbocycles. The van der Waals surface area contributed by atoms with Gasteiger partial charge in [-0.25, -0.2) is 4.98 Å². The van der Waals surface area contributed by atoms with Gasteiger partial charge in [0.15, 0.2) is 0 Å². The van der Waals surface area contributed by atoms with Crippen molar-refractivity contribution in [2.45, 2.75) is 13.0 Å². The number of nitrogens with one attached hydrogen (secondary N) is 1. The maximum Gasteiger partial charge on any atom is 0.135 e. The Morgan fingerprint density at radius 2 is 1.82 bits per heavy atom. The number of nitrogens with zero attached hydrogens (tertiary/aromatic N) is 2. The van der Waals surface area contributed by atoms with E-state index in [0.717, 1.165) is 5.82 Å². The van der Waals surface area contributed by atoms with Crippen molar-refractivity contribution >= 4 is 16.6 Å². The first-order chi connectivity index (χ1) is 8.15. The van der Waals surface area contributed by atoms with E-state index in [0.29, 0.717) is 6.04 Å². The van der Waals surface area contributed by atoms with Gasteiger partial charge in [0.2, 0.25) is 0 Å². The lowest BCUT2D eigenvalue weighted by Gasteiger charge is -2.18. The standard InChI is InChI=1S/C14H19N3/c1-10(15-2)13-9-16-14(17(3)4)12-8-6-5-7-11(12)13/h5-10,15H,1-4H3. The fourth-order valence-corrected chi connectivity index (χ4v) is 2.06. The molecule has 0 fully saturated rings. The first-order valence-corrected chi connectivity index (χ1v) is 5.87. The Morgan fingerprint density at radius 1 is 1.18 bits per heavy atom. The third-order valence-corrected chi connectivity index (χ3v) is 3.13. The third-order valence-electron chi connectivity index (χ3n) is 3.13. The summed E-state index contributed by atoms with van der Waals surface area (Å²) in [5.74, 6) is 1.02. The van der Waals surface area contributed by atoms with Gasteiger partial charge in [-0.2, -0.15) is 0 Å². The van der Waals surface area contributed by atoms with Gasteiger partial charge in [-0.15, -0.1) is 0 Å². The van der Waals surface area contributed by atoms with Gasteiger partial charge in [0.05, 0.1) is 0 Å². The highest BCUT2D eigenvalue weighted by Crippen LogP contribution is 2.28. The summed E-state index contributed by atoms with van der Waals surface area (Å²) >= 11 is 0. The Kier molecular flexibility index (Phi) is 3.29. The molecule has 0 amide bonds. The molecule has 0 bridgehead atoms. The third kappa shape index (κ3) is 2.11. The average molecular weight is 229 g/mol. The first-order valence-electron chi connectivity index (χ1n) is 5.87. The van der Waals surface area contributed by atoms with Crippen LogP contribution in [-0.4, -0.2) is 26.1 Å². The molecule has 1 aromatic heterocycles. The monoisotopic (exact) mass is 229 g/mol. The van der Waals surface area contributed by atoms with Crippen LogP contribution in [0.1, 0.15) is 18.5 Å². The van der Waals surface area contributed by atoms with Crippen LogP contribution < -0.4 is 10.2 Å². The number of anilines is 1. The van der Waals surface area contributed by atoms with Crippen molar-refractivity contribution in [1.82, 2.24) is 10.3 Å². The van der Waals surface area contributed by atoms with Crippen LogP contribution >= 0.6 is 0 Å². The SMILES string of the molecule is CNC(C)c1cnc(N(C)C)c2ccccc12. The van der Waals surface area contributed by atoms with Gasteiger partial charge < -0.3 is 10.2 Å². The Hall–Kier alpha value is -1.61.